The highest BCUT2D eigenvalue weighted by Crippen LogP contribution is 2.38. The molecule has 0 aromatic heterocycles. The highest BCUT2D eigenvalue weighted by atomic mass is 35.5. The number of benzene rings is 3. The predicted molar refractivity (Wildman–Crippen MR) is 204 cm³/mol. The fourth-order valence-electron chi connectivity index (χ4n) is 6.75. The molecule has 1 heterocycles. The van der Waals surface area contributed by atoms with Crippen LogP contribution in [-0.4, -0.2) is 80.4 Å². The van der Waals surface area contributed by atoms with Crippen molar-refractivity contribution >= 4 is 33.5 Å². The maximum absolute atomic E-state index is 15.7. The summed E-state index contributed by atoms with van der Waals surface area (Å²) in [7, 11) is -4.29. The van der Waals surface area contributed by atoms with Gasteiger partial charge in [-0.05, 0) is 124 Å². The van der Waals surface area contributed by atoms with Crippen LogP contribution in [0.15, 0.2) is 76.7 Å². The number of aliphatic hydroxyl groups excluding tert-OH is 1. The van der Waals surface area contributed by atoms with E-state index in [1.165, 1.54) is 19.1 Å². The fourth-order valence-corrected chi connectivity index (χ4v) is 8.14. The molecule has 4 atom stereocenters. The first-order valence-electron chi connectivity index (χ1n) is 18.1. The van der Waals surface area contributed by atoms with Gasteiger partial charge in [0.05, 0.1) is 11.0 Å². The van der Waals surface area contributed by atoms with Gasteiger partial charge in [0, 0.05) is 54.6 Å². The summed E-state index contributed by atoms with van der Waals surface area (Å²) in [6.45, 7) is 6.92. The molecule has 0 bridgehead atoms. The minimum atomic E-state index is -4.29. The van der Waals surface area contributed by atoms with Gasteiger partial charge in [-0.1, -0.05) is 41.0 Å². The van der Waals surface area contributed by atoms with Crippen LogP contribution >= 0.6 is 11.6 Å². The summed E-state index contributed by atoms with van der Waals surface area (Å²) in [5.41, 5.74) is 9.94. The molecule has 4 rings (SSSR count). The third-order valence-electron chi connectivity index (χ3n) is 9.22. The first kappa shape index (κ1) is 43.6. The average Bonchev–Trinajstić information content (AvgIpc) is 3.11. The molecular weight excluding hydrogens is 756 g/mol. The number of ether oxygens (including phenoxy) is 2. The normalized spacial score (nSPS) is 16.0. The molecule has 1 saturated heterocycles. The van der Waals surface area contributed by atoms with Crippen LogP contribution in [0.2, 0.25) is 5.02 Å². The zero-order chi connectivity index (χ0) is 40.3. The number of hydrogen-bond acceptors (Lipinski definition) is 8. The summed E-state index contributed by atoms with van der Waals surface area (Å²) in [5.74, 6) is -2.26. The van der Waals surface area contributed by atoms with E-state index in [-0.39, 0.29) is 48.7 Å². The standard InChI is InChI=1S/C39H48ClF2N5O7S/c1-25(48)23-47(38(50)54-39(2,3)4)24-31(45-55(51,52)32-15-12-30(41)13-16-32)14-17-33-28(6-5-7-34(33)42)22-35(49)37(44-46-43)36(27-18-20-53-21-19-27)26-8-10-29(40)11-9-26/h5-13,15-16,25,27,31,36-37,45,48H,14,17-24H2,1-4H3/t25-,31-,36-,37+/m0/s1. The smallest absolute Gasteiger partial charge is 0.410 e. The number of sulfonamides is 1. The zero-order valence-electron chi connectivity index (χ0n) is 31.3. The molecule has 55 heavy (non-hydrogen) atoms. The van der Waals surface area contributed by atoms with Gasteiger partial charge in [0.1, 0.15) is 29.1 Å². The van der Waals surface area contributed by atoms with Crippen LogP contribution in [0.5, 0.6) is 0 Å². The van der Waals surface area contributed by atoms with Crippen LogP contribution < -0.4 is 4.72 Å². The third kappa shape index (κ3) is 13.0. The number of aliphatic hydroxyl groups is 1. The first-order chi connectivity index (χ1) is 26.0. The number of nitrogens with zero attached hydrogens (tertiary/aromatic N) is 4. The second kappa shape index (κ2) is 19.7. The van der Waals surface area contributed by atoms with Gasteiger partial charge in [0.2, 0.25) is 10.0 Å². The second-order valence-electron chi connectivity index (χ2n) is 14.7. The first-order valence-corrected chi connectivity index (χ1v) is 19.9. The molecule has 298 valence electrons. The van der Waals surface area contributed by atoms with Crippen LogP contribution in [-0.2, 0) is 37.1 Å². The van der Waals surface area contributed by atoms with Crippen molar-refractivity contribution in [3.63, 3.8) is 0 Å². The number of Topliss-reactive ketones (excluding diaryl/α,β-unsaturated/α-hetero) is 1. The molecule has 0 aliphatic carbocycles. The van der Waals surface area contributed by atoms with Crippen molar-refractivity contribution in [2.75, 3.05) is 26.3 Å². The molecule has 3 aromatic rings. The highest BCUT2D eigenvalue weighted by molar-refractivity contribution is 7.89. The minimum Gasteiger partial charge on any atom is -0.444 e. The molecule has 0 spiro atoms. The molecule has 1 aliphatic heterocycles. The van der Waals surface area contributed by atoms with E-state index in [0.717, 1.165) is 34.7 Å². The number of carbonyl (C=O) groups is 2. The number of carbonyl (C=O) groups excluding carboxylic acids is 2. The molecule has 0 saturated carbocycles. The van der Waals surface area contributed by atoms with E-state index in [1.54, 1.807) is 51.1 Å². The molecule has 1 aliphatic rings. The Hall–Kier alpha value is -4.11. The molecule has 0 unspecified atom stereocenters. The van der Waals surface area contributed by atoms with Gasteiger partial charge >= 0.3 is 6.09 Å². The molecular formula is C39H48ClF2N5O7S. The van der Waals surface area contributed by atoms with Crippen molar-refractivity contribution in [3.05, 3.63) is 111 Å². The van der Waals surface area contributed by atoms with Crippen LogP contribution in [0.1, 0.15) is 69.6 Å². The predicted octanol–water partition coefficient (Wildman–Crippen LogP) is 7.52. The van der Waals surface area contributed by atoms with Gasteiger partial charge in [-0.25, -0.2) is 26.7 Å². The Labute approximate surface area is 325 Å². The summed E-state index contributed by atoms with van der Waals surface area (Å²) < 4.78 is 70.1. The molecule has 3 aromatic carbocycles. The number of halogens is 3. The number of hydrogen-bond donors (Lipinski definition) is 2. The Balaban J connectivity index is 1.66. The Morgan fingerprint density at radius 2 is 1.73 bits per heavy atom. The zero-order valence-corrected chi connectivity index (χ0v) is 32.9. The molecule has 0 radical (unpaired) electrons. The largest absolute Gasteiger partial charge is 0.444 e. The van der Waals surface area contributed by atoms with Gasteiger partial charge in [-0.15, -0.1) is 0 Å². The van der Waals surface area contributed by atoms with Gasteiger partial charge in [-0.2, -0.15) is 0 Å². The molecule has 12 nitrogen and oxygen atoms in total. The van der Waals surface area contributed by atoms with Crippen LogP contribution in [0, 0.1) is 17.6 Å². The maximum Gasteiger partial charge on any atom is 0.410 e. The lowest BCUT2D eigenvalue weighted by molar-refractivity contribution is -0.120. The Kier molecular flexibility index (Phi) is 15.6. The van der Waals surface area contributed by atoms with Gasteiger partial charge < -0.3 is 19.5 Å². The Bertz CT molecular complexity index is 1920. The SMILES string of the molecule is C[C@H](O)CN(C[C@H](CCc1c(F)cccc1CC(=O)[C@@H](N=[N+]=[N-])[C@@H](c1ccc(Cl)cc1)C1CCOCC1)NS(=O)(=O)c1ccc(F)cc1)C(=O)OC(C)(C)C. The quantitative estimate of drug-likeness (QED) is 0.0808. The summed E-state index contributed by atoms with van der Waals surface area (Å²) in [6, 6.07) is 13.3. The monoisotopic (exact) mass is 803 g/mol. The third-order valence-corrected chi connectivity index (χ3v) is 11.0. The molecule has 1 amide bonds. The van der Waals surface area contributed by atoms with E-state index < -0.39 is 63.2 Å². The van der Waals surface area contributed by atoms with Crippen LogP contribution in [0.25, 0.3) is 10.4 Å². The van der Waals surface area contributed by atoms with E-state index in [1.807, 2.05) is 0 Å². The summed E-state index contributed by atoms with van der Waals surface area (Å²) >= 11 is 6.17. The van der Waals surface area contributed by atoms with E-state index in [0.29, 0.717) is 36.6 Å². The van der Waals surface area contributed by atoms with Crippen molar-refractivity contribution in [1.29, 1.82) is 0 Å². The number of ketones is 1. The summed E-state index contributed by atoms with van der Waals surface area (Å²) in [6.07, 6.45) is -0.996. The number of amides is 1. The topological polar surface area (TPSA) is 171 Å². The Morgan fingerprint density at radius 1 is 1.07 bits per heavy atom. The molecule has 16 heteroatoms. The van der Waals surface area contributed by atoms with E-state index >= 15 is 4.39 Å². The Morgan fingerprint density at radius 3 is 2.33 bits per heavy atom. The lowest BCUT2D eigenvalue weighted by atomic mass is 9.75. The van der Waals surface area contributed by atoms with E-state index in [4.69, 9.17) is 21.1 Å². The molecule has 2 N–H and O–H groups in total. The van der Waals surface area contributed by atoms with Crippen LogP contribution in [0.4, 0.5) is 13.6 Å². The van der Waals surface area contributed by atoms with Crippen LogP contribution in [0.3, 0.4) is 0 Å². The van der Waals surface area contributed by atoms with Crippen molar-refractivity contribution in [3.8, 4) is 0 Å². The maximum atomic E-state index is 15.7. The average molecular weight is 804 g/mol. The second-order valence-corrected chi connectivity index (χ2v) is 16.9. The highest BCUT2D eigenvalue weighted by Gasteiger charge is 2.36. The van der Waals surface area contributed by atoms with Gasteiger partial charge in [-0.3, -0.25) is 4.79 Å². The summed E-state index contributed by atoms with van der Waals surface area (Å²) in [5, 5.41) is 14.7. The minimum absolute atomic E-state index is 0.0502. The number of nitrogens with one attached hydrogen (secondary N) is 1. The van der Waals surface area contributed by atoms with Crippen molar-refractivity contribution in [2.45, 2.75) is 94.4 Å². The van der Waals surface area contributed by atoms with E-state index in [2.05, 4.69) is 14.7 Å². The number of azide groups is 1. The lowest BCUT2D eigenvalue weighted by Gasteiger charge is -2.34. The lowest BCUT2D eigenvalue weighted by Crippen LogP contribution is -2.49. The van der Waals surface area contributed by atoms with Crippen molar-refractivity contribution in [1.82, 2.24) is 9.62 Å². The van der Waals surface area contributed by atoms with Crippen molar-refractivity contribution in [2.24, 2.45) is 11.0 Å². The van der Waals surface area contributed by atoms with Crippen molar-refractivity contribution < 1.29 is 41.4 Å². The molecule has 1 fully saturated rings. The summed E-state index contributed by atoms with van der Waals surface area (Å²) in [4.78, 5) is 31.4. The van der Waals surface area contributed by atoms with Gasteiger partial charge in [0.25, 0.3) is 0 Å². The fraction of sp³-hybridized carbons (Fsp3) is 0.487. The van der Waals surface area contributed by atoms with Gasteiger partial charge in [0.15, 0.2) is 0 Å². The number of rotatable bonds is 17. The van der Waals surface area contributed by atoms with E-state index in [9.17, 15) is 33.0 Å².